The van der Waals surface area contributed by atoms with E-state index in [0.29, 0.717) is 45.0 Å². The number of rotatable bonds is 5. The number of piperazine rings is 1. The quantitative estimate of drug-likeness (QED) is 0.499. The fourth-order valence-electron chi connectivity index (χ4n) is 2.72. The largest absolute Gasteiger partial charge is 0.416 e. The van der Waals surface area contributed by atoms with E-state index < -0.39 is 11.7 Å². The van der Waals surface area contributed by atoms with Crippen molar-refractivity contribution >= 4 is 11.6 Å². The number of nitrogens with zero attached hydrogens (tertiary/aromatic N) is 3. The standard InChI is InChI=1S/C17H25F3N4O/c1-3-21-16(22-7-12-25-2)24-10-8-23(9-11-24)15-6-4-5-14(13-15)17(18,19)20/h4-6,13H,3,7-12H2,1-2H3,(H,21,22). The van der Waals surface area contributed by atoms with Gasteiger partial charge in [0.25, 0.3) is 0 Å². The number of guanidine groups is 1. The molecule has 25 heavy (non-hydrogen) atoms. The van der Waals surface area contributed by atoms with Gasteiger partial charge in [0.05, 0.1) is 18.7 Å². The Labute approximate surface area is 146 Å². The van der Waals surface area contributed by atoms with Gasteiger partial charge >= 0.3 is 6.18 Å². The van der Waals surface area contributed by atoms with Crippen LogP contribution in [-0.4, -0.2) is 63.8 Å². The van der Waals surface area contributed by atoms with Crippen LogP contribution in [-0.2, 0) is 10.9 Å². The van der Waals surface area contributed by atoms with Gasteiger partial charge in [-0.25, -0.2) is 0 Å². The zero-order valence-corrected chi connectivity index (χ0v) is 14.6. The smallest absolute Gasteiger partial charge is 0.383 e. The third-order valence-electron chi connectivity index (χ3n) is 4.01. The molecule has 1 aromatic carbocycles. The van der Waals surface area contributed by atoms with Crippen LogP contribution in [0.5, 0.6) is 0 Å². The Balaban J connectivity index is 1.99. The summed E-state index contributed by atoms with van der Waals surface area (Å²) in [6.07, 6.45) is -4.32. The number of benzene rings is 1. The zero-order valence-electron chi connectivity index (χ0n) is 14.6. The molecule has 1 aliphatic rings. The van der Waals surface area contributed by atoms with Gasteiger partial charge in [-0.05, 0) is 25.1 Å². The summed E-state index contributed by atoms with van der Waals surface area (Å²) in [7, 11) is 1.64. The first-order valence-electron chi connectivity index (χ1n) is 8.40. The van der Waals surface area contributed by atoms with Gasteiger partial charge in [0.2, 0.25) is 0 Å². The minimum Gasteiger partial charge on any atom is -0.383 e. The lowest BCUT2D eigenvalue weighted by molar-refractivity contribution is -0.137. The number of aliphatic imine (C=N–C) groups is 1. The van der Waals surface area contributed by atoms with E-state index in [1.807, 2.05) is 11.8 Å². The maximum absolute atomic E-state index is 12.9. The second kappa shape index (κ2) is 8.94. The summed E-state index contributed by atoms with van der Waals surface area (Å²) in [5.74, 6) is 0.822. The number of halogens is 3. The Kier molecular flexibility index (Phi) is 6.92. The molecule has 0 saturated carbocycles. The van der Waals surface area contributed by atoms with Crippen molar-refractivity contribution in [2.45, 2.75) is 13.1 Å². The van der Waals surface area contributed by atoms with Crippen LogP contribution in [0.1, 0.15) is 12.5 Å². The van der Waals surface area contributed by atoms with Crippen molar-refractivity contribution in [3.8, 4) is 0 Å². The Morgan fingerprint density at radius 3 is 2.56 bits per heavy atom. The molecule has 1 fully saturated rings. The van der Waals surface area contributed by atoms with Crippen molar-refractivity contribution in [3.05, 3.63) is 29.8 Å². The van der Waals surface area contributed by atoms with Crippen LogP contribution in [0.15, 0.2) is 29.3 Å². The van der Waals surface area contributed by atoms with Crippen LogP contribution in [0.3, 0.4) is 0 Å². The van der Waals surface area contributed by atoms with E-state index in [2.05, 4.69) is 15.2 Å². The van der Waals surface area contributed by atoms with Gasteiger partial charge in [-0.1, -0.05) is 6.07 Å². The number of nitrogens with one attached hydrogen (secondary N) is 1. The van der Waals surface area contributed by atoms with Gasteiger partial charge in [0.15, 0.2) is 5.96 Å². The van der Waals surface area contributed by atoms with Crippen molar-refractivity contribution in [1.82, 2.24) is 10.2 Å². The average Bonchev–Trinajstić information content (AvgIpc) is 2.61. The first-order valence-corrected chi connectivity index (χ1v) is 8.40. The summed E-state index contributed by atoms with van der Waals surface area (Å²) in [5, 5.41) is 3.25. The average molecular weight is 358 g/mol. The number of alkyl halides is 3. The van der Waals surface area contributed by atoms with Crippen molar-refractivity contribution in [2.75, 3.05) is 57.9 Å². The first-order chi connectivity index (χ1) is 12.0. The first kappa shape index (κ1) is 19.4. The second-order valence-corrected chi connectivity index (χ2v) is 5.75. The molecule has 5 nitrogen and oxygen atoms in total. The van der Waals surface area contributed by atoms with Crippen LogP contribution in [0.2, 0.25) is 0 Å². The predicted molar refractivity (Wildman–Crippen MR) is 93.1 cm³/mol. The van der Waals surface area contributed by atoms with Crippen LogP contribution in [0.4, 0.5) is 18.9 Å². The molecule has 1 saturated heterocycles. The molecule has 0 unspecified atom stereocenters. The van der Waals surface area contributed by atoms with Crippen molar-refractivity contribution < 1.29 is 17.9 Å². The van der Waals surface area contributed by atoms with Gasteiger partial charge in [0, 0.05) is 45.5 Å². The van der Waals surface area contributed by atoms with Gasteiger partial charge in [-0.3, -0.25) is 4.99 Å². The topological polar surface area (TPSA) is 40.1 Å². The third-order valence-corrected chi connectivity index (χ3v) is 4.01. The molecule has 1 heterocycles. The van der Waals surface area contributed by atoms with Crippen molar-refractivity contribution in [3.63, 3.8) is 0 Å². The maximum Gasteiger partial charge on any atom is 0.416 e. The molecule has 140 valence electrons. The van der Waals surface area contributed by atoms with Gasteiger partial charge in [-0.15, -0.1) is 0 Å². The van der Waals surface area contributed by atoms with E-state index in [9.17, 15) is 13.2 Å². The molecule has 0 spiro atoms. The fraction of sp³-hybridized carbons (Fsp3) is 0.588. The second-order valence-electron chi connectivity index (χ2n) is 5.75. The Bertz CT molecular complexity index is 569. The van der Waals surface area contributed by atoms with E-state index in [4.69, 9.17) is 4.74 Å². The van der Waals surface area contributed by atoms with Crippen LogP contribution < -0.4 is 10.2 Å². The fourth-order valence-corrected chi connectivity index (χ4v) is 2.72. The van der Waals surface area contributed by atoms with Gasteiger partial charge in [-0.2, -0.15) is 13.2 Å². The number of methoxy groups -OCH3 is 1. The molecule has 1 aromatic rings. The number of hydrogen-bond acceptors (Lipinski definition) is 3. The number of ether oxygens (including phenoxy) is 1. The van der Waals surface area contributed by atoms with Gasteiger partial charge < -0.3 is 19.9 Å². The van der Waals surface area contributed by atoms with E-state index >= 15 is 0 Å². The van der Waals surface area contributed by atoms with Gasteiger partial charge in [0.1, 0.15) is 0 Å². The Hall–Kier alpha value is -1.96. The van der Waals surface area contributed by atoms with Crippen LogP contribution in [0, 0.1) is 0 Å². The SMILES string of the molecule is CCNC(=NCCOC)N1CCN(c2cccc(C(F)(F)F)c2)CC1. The zero-order chi connectivity index (χ0) is 18.3. The molecule has 8 heteroatoms. The Morgan fingerprint density at radius 1 is 1.24 bits per heavy atom. The van der Waals surface area contributed by atoms with Crippen molar-refractivity contribution in [1.29, 1.82) is 0 Å². The number of hydrogen-bond donors (Lipinski definition) is 1. The lowest BCUT2D eigenvalue weighted by atomic mass is 10.1. The summed E-state index contributed by atoms with van der Waals surface area (Å²) in [4.78, 5) is 8.62. The predicted octanol–water partition coefficient (Wildman–Crippen LogP) is 2.44. The molecular formula is C17H25F3N4O. The van der Waals surface area contributed by atoms with Crippen molar-refractivity contribution in [2.24, 2.45) is 4.99 Å². The third kappa shape index (κ3) is 5.52. The molecular weight excluding hydrogens is 333 g/mol. The highest BCUT2D eigenvalue weighted by atomic mass is 19.4. The summed E-state index contributed by atoms with van der Waals surface area (Å²) >= 11 is 0. The molecule has 2 rings (SSSR count). The van der Waals surface area contributed by atoms with E-state index in [0.717, 1.165) is 18.6 Å². The lowest BCUT2D eigenvalue weighted by Crippen LogP contribution is -2.52. The number of anilines is 1. The van der Waals surface area contributed by atoms with E-state index in [1.165, 1.54) is 12.1 Å². The Morgan fingerprint density at radius 2 is 1.96 bits per heavy atom. The molecule has 1 N–H and O–H groups in total. The summed E-state index contributed by atoms with van der Waals surface area (Å²) in [5.41, 5.74) is -0.00214. The summed E-state index contributed by atoms with van der Waals surface area (Å²) in [6, 6.07) is 5.50. The minimum atomic E-state index is -4.32. The molecule has 0 bridgehead atoms. The van der Waals surface area contributed by atoms with Crippen LogP contribution >= 0.6 is 0 Å². The molecule has 1 aliphatic heterocycles. The highest BCUT2D eigenvalue weighted by Crippen LogP contribution is 2.31. The molecule has 0 atom stereocenters. The normalized spacial score (nSPS) is 16.3. The lowest BCUT2D eigenvalue weighted by Gasteiger charge is -2.38. The maximum atomic E-state index is 12.9. The molecule has 0 radical (unpaired) electrons. The molecule has 0 aromatic heterocycles. The van der Waals surface area contributed by atoms with Crippen LogP contribution in [0.25, 0.3) is 0 Å². The summed E-state index contributed by atoms with van der Waals surface area (Å²) in [6.45, 7) is 6.60. The highest BCUT2D eigenvalue weighted by molar-refractivity contribution is 5.80. The minimum absolute atomic E-state index is 0.555. The van der Waals surface area contributed by atoms with E-state index in [-0.39, 0.29) is 0 Å². The molecule has 0 amide bonds. The monoisotopic (exact) mass is 358 g/mol. The summed E-state index contributed by atoms with van der Waals surface area (Å²) < 4.78 is 43.6. The highest BCUT2D eigenvalue weighted by Gasteiger charge is 2.31. The molecule has 0 aliphatic carbocycles. The van der Waals surface area contributed by atoms with E-state index in [1.54, 1.807) is 13.2 Å².